The van der Waals surface area contributed by atoms with Crippen LogP contribution in [0, 0.1) is 0 Å². The van der Waals surface area contributed by atoms with Gasteiger partial charge in [0.05, 0.1) is 22.3 Å². The maximum absolute atomic E-state index is 11.4. The van der Waals surface area contributed by atoms with Crippen LogP contribution in [0.1, 0.15) is 6.42 Å². The van der Waals surface area contributed by atoms with Gasteiger partial charge >= 0.3 is 12.1 Å². The maximum Gasteiger partial charge on any atom is 0.407 e. The van der Waals surface area contributed by atoms with Gasteiger partial charge in [-0.25, -0.2) is 9.59 Å². The molecular weight excluding hydrogens is 238 g/mol. The molecule has 1 amide bonds. The summed E-state index contributed by atoms with van der Waals surface area (Å²) in [6, 6.07) is -0.694. The van der Waals surface area contributed by atoms with Gasteiger partial charge in [-0.15, -0.1) is 0 Å². The molecule has 1 atom stereocenters. The summed E-state index contributed by atoms with van der Waals surface area (Å²) in [5, 5.41) is 2.43. The highest BCUT2D eigenvalue weighted by atomic mass is 28.3. The number of rotatable bonds is 5. The Labute approximate surface area is 103 Å². The molecule has 6 heteroatoms. The molecule has 0 bridgehead atoms. The second kappa shape index (κ2) is 7.11. The number of carbonyl (C=O) groups excluding carboxylic acids is 2. The number of methoxy groups -OCH3 is 2. The Bertz CT molecular complexity index is 296. The number of ether oxygens (including phenoxy) is 2. The van der Waals surface area contributed by atoms with Crippen LogP contribution in [0.15, 0.2) is 11.8 Å². The van der Waals surface area contributed by atoms with E-state index in [-0.39, 0.29) is 0 Å². The molecular formula is C11H21NO4Si. The molecule has 98 valence electrons. The van der Waals surface area contributed by atoms with Crippen LogP contribution < -0.4 is 5.32 Å². The van der Waals surface area contributed by atoms with Gasteiger partial charge in [-0.2, -0.15) is 0 Å². The predicted molar refractivity (Wildman–Crippen MR) is 68.4 cm³/mol. The molecule has 17 heavy (non-hydrogen) atoms. The van der Waals surface area contributed by atoms with E-state index in [0.717, 1.165) is 0 Å². The molecule has 0 unspecified atom stereocenters. The fourth-order valence-corrected chi connectivity index (χ4v) is 1.96. The zero-order valence-corrected chi connectivity index (χ0v) is 12.1. The minimum Gasteiger partial charge on any atom is -0.467 e. The minimum atomic E-state index is -1.29. The summed E-state index contributed by atoms with van der Waals surface area (Å²) in [5.41, 5.74) is 2.11. The van der Waals surface area contributed by atoms with E-state index in [9.17, 15) is 9.59 Å². The van der Waals surface area contributed by atoms with E-state index >= 15 is 0 Å². The predicted octanol–water partition coefficient (Wildman–Crippen LogP) is 1.71. The molecule has 0 rings (SSSR count). The van der Waals surface area contributed by atoms with Crippen molar-refractivity contribution in [3.63, 3.8) is 0 Å². The molecule has 5 nitrogen and oxygen atoms in total. The third-order valence-corrected chi connectivity index (χ3v) is 3.19. The first-order valence-corrected chi connectivity index (χ1v) is 8.98. The summed E-state index contributed by atoms with van der Waals surface area (Å²) in [6.07, 6.45) is 1.68. The minimum absolute atomic E-state index is 0.409. The van der Waals surface area contributed by atoms with Crippen LogP contribution in [0.25, 0.3) is 0 Å². The summed E-state index contributed by atoms with van der Waals surface area (Å²) in [5.74, 6) is -0.476. The lowest BCUT2D eigenvalue weighted by atomic mass is 10.2. The fourth-order valence-electron chi connectivity index (χ4n) is 1.12. The second-order valence-corrected chi connectivity index (χ2v) is 9.78. The molecule has 0 aromatic heterocycles. The molecule has 0 aliphatic rings. The lowest BCUT2D eigenvalue weighted by Gasteiger charge is -2.14. The Morgan fingerprint density at radius 1 is 1.24 bits per heavy atom. The molecule has 0 aromatic rings. The van der Waals surface area contributed by atoms with Crippen molar-refractivity contribution in [2.45, 2.75) is 32.1 Å². The zero-order chi connectivity index (χ0) is 13.5. The Balaban J connectivity index is 4.45. The van der Waals surface area contributed by atoms with Crippen molar-refractivity contribution in [2.24, 2.45) is 0 Å². The van der Waals surface area contributed by atoms with Crippen LogP contribution in [0.4, 0.5) is 4.79 Å². The van der Waals surface area contributed by atoms with E-state index in [4.69, 9.17) is 0 Å². The molecule has 0 aliphatic heterocycles. The summed E-state index contributed by atoms with van der Waals surface area (Å²) < 4.78 is 9.06. The number of alkyl carbamates (subject to hydrolysis) is 1. The second-order valence-electron chi connectivity index (χ2n) is 4.72. The molecule has 0 heterocycles. The van der Waals surface area contributed by atoms with E-state index in [1.54, 1.807) is 0 Å². The average Bonchev–Trinajstić information content (AvgIpc) is 2.24. The van der Waals surface area contributed by atoms with E-state index in [0.29, 0.717) is 6.42 Å². The average molecular weight is 259 g/mol. The first kappa shape index (κ1) is 15.7. The van der Waals surface area contributed by atoms with Crippen molar-refractivity contribution >= 4 is 20.1 Å². The monoisotopic (exact) mass is 259 g/mol. The highest BCUT2D eigenvalue weighted by Gasteiger charge is 2.20. The van der Waals surface area contributed by atoms with Crippen LogP contribution >= 0.6 is 0 Å². The third kappa shape index (κ3) is 7.57. The number of carbonyl (C=O) groups is 2. The summed E-state index contributed by atoms with van der Waals surface area (Å²) >= 11 is 0. The van der Waals surface area contributed by atoms with Gasteiger partial charge in [-0.1, -0.05) is 31.4 Å². The van der Waals surface area contributed by atoms with Crippen molar-refractivity contribution in [1.82, 2.24) is 5.32 Å². The number of esters is 1. The third-order valence-electron chi connectivity index (χ3n) is 1.95. The Hall–Kier alpha value is -1.30. The summed E-state index contributed by atoms with van der Waals surface area (Å²) in [6.45, 7) is 6.55. The van der Waals surface area contributed by atoms with E-state index in [2.05, 4.69) is 40.1 Å². The summed E-state index contributed by atoms with van der Waals surface area (Å²) in [4.78, 5) is 22.5. The van der Waals surface area contributed by atoms with Gasteiger partial charge in [-0.05, 0) is 6.42 Å². The molecule has 0 radical (unpaired) electrons. The van der Waals surface area contributed by atoms with Gasteiger partial charge in [0.15, 0.2) is 0 Å². The number of hydrogen-bond donors (Lipinski definition) is 1. The van der Waals surface area contributed by atoms with E-state index in [1.807, 2.05) is 6.08 Å². The lowest BCUT2D eigenvalue weighted by Crippen LogP contribution is -2.41. The molecule has 0 saturated carbocycles. The van der Waals surface area contributed by atoms with E-state index < -0.39 is 26.2 Å². The normalized spacial score (nSPS) is 13.2. The molecule has 0 fully saturated rings. The summed E-state index contributed by atoms with van der Waals surface area (Å²) in [7, 11) is 1.25. The van der Waals surface area contributed by atoms with Crippen LogP contribution in [-0.2, 0) is 14.3 Å². The number of hydrogen-bond acceptors (Lipinski definition) is 4. The first-order valence-electron chi connectivity index (χ1n) is 5.40. The Morgan fingerprint density at radius 2 is 1.82 bits per heavy atom. The molecule has 0 saturated heterocycles. The molecule has 0 aliphatic carbocycles. The highest BCUT2D eigenvalue weighted by Crippen LogP contribution is 2.05. The van der Waals surface area contributed by atoms with Gasteiger partial charge in [-0.3, -0.25) is 0 Å². The van der Waals surface area contributed by atoms with Crippen LogP contribution in [0.5, 0.6) is 0 Å². The van der Waals surface area contributed by atoms with Crippen molar-refractivity contribution in [2.75, 3.05) is 14.2 Å². The van der Waals surface area contributed by atoms with Crippen molar-refractivity contribution in [1.29, 1.82) is 0 Å². The first-order chi connectivity index (χ1) is 7.80. The Kier molecular flexibility index (Phi) is 6.56. The fraction of sp³-hybridized carbons (Fsp3) is 0.636. The SMILES string of the molecule is COC(=O)N[C@@H](C/C=C\[Si](C)(C)C)C(=O)OC. The van der Waals surface area contributed by atoms with Crippen LogP contribution in [0.3, 0.4) is 0 Å². The van der Waals surface area contributed by atoms with E-state index in [1.165, 1.54) is 14.2 Å². The quantitative estimate of drug-likeness (QED) is 0.603. The van der Waals surface area contributed by atoms with Gasteiger partial charge < -0.3 is 14.8 Å². The van der Waals surface area contributed by atoms with Crippen molar-refractivity contribution in [3.8, 4) is 0 Å². The number of amides is 1. The Morgan fingerprint density at radius 3 is 2.24 bits per heavy atom. The van der Waals surface area contributed by atoms with Crippen LogP contribution in [0.2, 0.25) is 19.6 Å². The standard InChI is InChI=1S/C11H21NO4Si/c1-15-10(13)9(12-11(14)16-2)7-6-8-17(3,4)5/h6,8-9H,7H2,1-5H3,(H,12,14)/b8-6-/t9-/m0/s1. The van der Waals surface area contributed by atoms with Crippen molar-refractivity contribution < 1.29 is 19.1 Å². The van der Waals surface area contributed by atoms with Gasteiger partial charge in [0, 0.05) is 0 Å². The van der Waals surface area contributed by atoms with Crippen molar-refractivity contribution in [3.05, 3.63) is 11.8 Å². The van der Waals surface area contributed by atoms with Gasteiger partial charge in [0.2, 0.25) is 0 Å². The largest absolute Gasteiger partial charge is 0.467 e. The lowest BCUT2D eigenvalue weighted by molar-refractivity contribution is -0.142. The highest BCUT2D eigenvalue weighted by molar-refractivity contribution is 6.80. The van der Waals surface area contributed by atoms with Crippen LogP contribution in [-0.4, -0.2) is 40.4 Å². The molecule has 0 aromatic carbocycles. The zero-order valence-electron chi connectivity index (χ0n) is 11.1. The van der Waals surface area contributed by atoms with Gasteiger partial charge in [0.25, 0.3) is 0 Å². The molecule has 0 spiro atoms. The van der Waals surface area contributed by atoms with Gasteiger partial charge in [0.1, 0.15) is 6.04 Å². The smallest absolute Gasteiger partial charge is 0.407 e. The molecule has 1 N–H and O–H groups in total. The topological polar surface area (TPSA) is 64.6 Å². The number of nitrogens with one attached hydrogen (secondary N) is 1. The maximum atomic E-state index is 11.4.